The van der Waals surface area contributed by atoms with Crippen molar-refractivity contribution < 1.29 is 9.77 Å². The van der Waals surface area contributed by atoms with E-state index in [2.05, 4.69) is 5.10 Å². The predicted octanol–water partition coefficient (Wildman–Crippen LogP) is 0.240. The number of aryl methyl sites for hydroxylation is 2. The number of hydrogen-bond donors (Lipinski definition) is 0. The van der Waals surface area contributed by atoms with Gasteiger partial charge in [-0.25, -0.2) is 0 Å². The second-order valence-electron chi connectivity index (χ2n) is 2.41. The molecule has 6 heteroatoms. The zero-order valence-electron chi connectivity index (χ0n) is 6.64. The maximum absolute atomic E-state index is 10.7. The summed E-state index contributed by atoms with van der Waals surface area (Å²) in [6.07, 6.45) is 1.07. The van der Waals surface area contributed by atoms with E-state index in [9.17, 15) is 15.3 Å². The highest BCUT2D eigenvalue weighted by Gasteiger charge is 2.19. The molecule has 0 radical (unpaired) electrons. The molecule has 12 heavy (non-hydrogen) atoms. The van der Waals surface area contributed by atoms with Gasteiger partial charge in [-0.3, -0.25) is 10.1 Å². The lowest BCUT2D eigenvalue weighted by atomic mass is 10.2. The van der Waals surface area contributed by atoms with Crippen LogP contribution < -0.4 is 4.85 Å². The average molecular weight is 169 g/mol. The Morgan fingerprint density at radius 3 is 2.58 bits per heavy atom. The van der Waals surface area contributed by atoms with Crippen LogP contribution in [0.2, 0.25) is 0 Å². The van der Waals surface area contributed by atoms with E-state index in [1.807, 2.05) is 0 Å². The SMILES string of the molecule is Cc1c[n+]([O-])nc(C)c1[N+](=O)[O-]. The molecule has 0 bridgehead atoms. The summed E-state index contributed by atoms with van der Waals surface area (Å²) in [6.45, 7) is 2.93. The summed E-state index contributed by atoms with van der Waals surface area (Å²) in [6, 6.07) is 0. The van der Waals surface area contributed by atoms with Gasteiger partial charge >= 0.3 is 5.69 Å². The van der Waals surface area contributed by atoms with Gasteiger partial charge in [0, 0.05) is 5.10 Å². The van der Waals surface area contributed by atoms with Crippen molar-refractivity contribution in [1.29, 1.82) is 0 Å². The van der Waals surface area contributed by atoms with Gasteiger partial charge in [-0.2, -0.15) is 0 Å². The largest absolute Gasteiger partial charge is 0.594 e. The van der Waals surface area contributed by atoms with Gasteiger partial charge in [0.05, 0.1) is 10.5 Å². The zero-order chi connectivity index (χ0) is 9.30. The summed E-state index contributed by atoms with van der Waals surface area (Å²) >= 11 is 0. The van der Waals surface area contributed by atoms with Crippen LogP contribution in [-0.4, -0.2) is 10.0 Å². The summed E-state index contributed by atoms with van der Waals surface area (Å²) in [4.78, 5) is 10.2. The molecular weight excluding hydrogens is 162 g/mol. The van der Waals surface area contributed by atoms with Crippen LogP contribution in [0.3, 0.4) is 0 Å². The smallest absolute Gasteiger partial charge is 0.305 e. The number of nitrogens with zero attached hydrogens (tertiary/aromatic N) is 3. The maximum atomic E-state index is 10.7. The highest BCUT2D eigenvalue weighted by molar-refractivity contribution is 5.39. The van der Waals surface area contributed by atoms with Crippen LogP contribution >= 0.6 is 0 Å². The van der Waals surface area contributed by atoms with Crippen molar-refractivity contribution in [2.24, 2.45) is 0 Å². The van der Waals surface area contributed by atoms with E-state index in [4.69, 9.17) is 0 Å². The highest BCUT2D eigenvalue weighted by atomic mass is 16.6. The van der Waals surface area contributed by atoms with Gasteiger partial charge in [-0.05, 0) is 13.8 Å². The first-order valence-electron chi connectivity index (χ1n) is 3.24. The van der Waals surface area contributed by atoms with Gasteiger partial charge in [0.25, 0.3) is 0 Å². The first-order valence-corrected chi connectivity index (χ1v) is 3.24. The topological polar surface area (TPSA) is 83.0 Å². The number of nitro groups is 1. The van der Waals surface area contributed by atoms with Crippen LogP contribution in [0, 0.1) is 29.2 Å². The normalized spacial score (nSPS) is 9.83. The van der Waals surface area contributed by atoms with Gasteiger partial charge in [-0.1, -0.05) is 4.85 Å². The molecule has 64 valence electrons. The molecule has 0 N–H and O–H groups in total. The Kier molecular flexibility index (Phi) is 1.90. The first-order chi connectivity index (χ1) is 5.52. The Balaban J connectivity index is 3.38. The minimum absolute atomic E-state index is 0.0953. The second-order valence-corrected chi connectivity index (χ2v) is 2.41. The van der Waals surface area contributed by atoms with E-state index in [-0.39, 0.29) is 11.4 Å². The monoisotopic (exact) mass is 169 g/mol. The van der Waals surface area contributed by atoms with E-state index in [0.29, 0.717) is 10.4 Å². The number of hydrogen-bond acceptors (Lipinski definition) is 4. The fourth-order valence-corrected chi connectivity index (χ4v) is 1.01. The first kappa shape index (κ1) is 8.38. The van der Waals surface area contributed by atoms with E-state index < -0.39 is 4.92 Å². The van der Waals surface area contributed by atoms with E-state index in [1.165, 1.54) is 13.8 Å². The van der Waals surface area contributed by atoms with Crippen LogP contribution in [0.1, 0.15) is 11.3 Å². The van der Waals surface area contributed by atoms with Crippen LogP contribution in [0.5, 0.6) is 0 Å². The Morgan fingerprint density at radius 2 is 2.17 bits per heavy atom. The average Bonchev–Trinajstić information content (AvgIpc) is 1.82. The predicted molar refractivity (Wildman–Crippen MR) is 39.3 cm³/mol. The van der Waals surface area contributed by atoms with Crippen molar-refractivity contribution in [3.05, 3.63) is 32.8 Å². The van der Waals surface area contributed by atoms with Gasteiger partial charge in [0.2, 0.25) is 6.20 Å². The fourth-order valence-electron chi connectivity index (χ4n) is 1.01. The molecule has 0 spiro atoms. The fraction of sp³-hybridized carbons (Fsp3) is 0.333. The molecule has 6 nitrogen and oxygen atoms in total. The summed E-state index contributed by atoms with van der Waals surface area (Å²) in [5, 5.41) is 24.5. The molecule has 0 saturated heterocycles. The summed E-state index contributed by atoms with van der Waals surface area (Å²) in [5.41, 5.74) is 0.361. The third kappa shape index (κ3) is 1.31. The van der Waals surface area contributed by atoms with Crippen molar-refractivity contribution in [2.75, 3.05) is 0 Å². The van der Waals surface area contributed by atoms with Crippen molar-refractivity contribution in [3.63, 3.8) is 0 Å². The van der Waals surface area contributed by atoms with Crippen molar-refractivity contribution >= 4 is 5.69 Å². The minimum Gasteiger partial charge on any atom is -0.594 e. The van der Waals surface area contributed by atoms with Crippen molar-refractivity contribution in [3.8, 4) is 0 Å². The van der Waals surface area contributed by atoms with Gasteiger partial charge in [0.1, 0.15) is 0 Å². The molecule has 0 aliphatic heterocycles. The van der Waals surface area contributed by atoms with Crippen LogP contribution in [0.25, 0.3) is 0 Å². The third-order valence-electron chi connectivity index (χ3n) is 1.45. The van der Waals surface area contributed by atoms with Crippen LogP contribution in [-0.2, 0) is 0 Å². The van der Waals surface area contributed by atoms with E-state index in [1.54, 1.807) is 0 Å². The molecule has 0 aromatic carbocycles. The Labute approximate surface area is 68.2 Å². The molecule has 1 aromatic heterocycles. The molecule has 0 unspecified atom stereocenters. The number of rotatable bonds is 1. The zero-order valence-corrected chi connectivity index (χ0v) is 6.64. The molecule has 0 aliphatic rings. The Hall–Kier alpha value is -1.72. The molecule has 1 heterocycles. The maximum Gasteiger partial charge on any atom is 0.305 e. The second kappa shape index (κ2) is 2.72. The van der Waals surface area contributed by atoms with Crippen molar-refractivity contribution in [2.45, 2.75) is 13.8 Å². The Morgan fingerprint density at radius 1 is 1.58 bits per heavy atom. The lowest BCUT2D eigenvalue weighted by Gasteiger charge is -1.98. The summed E-state index contributed by atoms with van der Waals surface area (Å²) in [5.74, 6) is 0. The van der Waals surface area contributed by atoms with E-state index in [0.717, 1.165) is 6.20 Å². The van der Waals surface area contributed by atoms with Gasteiger partial charge in [0.15, 0.2) is 5.69 Å². The molecule has 1 rings (SSSR count). The molecule has 0 aliphatic carbocycles. The molecule has 0 fully saturated rings. The molecule has 0 amide bonds. The third-order valence-corrected chi connectivity index (χ3v) is 1.45. The molecule has 1 aromatic rings. The van der Waals surface area contributed by atoms with Gasteiger partial charge in [-0.15, -0.1) is 0 Å². The molecule has 0 saturated carbocycles. The van der Waals surface area contributed by atoms with E-state index >= 15 is 0 Å². The lowest BCUT2D eigenvalue weighted by Crippen LogP contribution is -2.32. The lowest BCUT2D eigenvalue weighted by molar-refractivity contribution is -0.670. The Bertz CT molecular complexity index is 314. The highest BCUT2D eigenvalue weighted by Crippen LogP contribution is 2.17. The van der Waals surface area contributed by atoms with Gasteiger partial charge < -0.3 is 5.21 Å². The van der Waals surface area contributed by atoms with Crippen LogP contribution in [0.15, 0.2) is 6.20 Å². The summed E-state index contributed by atoms with van der Waals surface area (Å²) < 4.78 is 0. The van der Waals surface area contributed by atoms with Crippen LogP contribution in [0.4, 0.5) is 5.69 Å². The minimum atomic E-state index is -0.544. The summed E-state index contributed by atoms with van der Waals surface area (Å²) in [7, 11) is 0. The molecular formula is C6H7N3O3. The van der Waals surface area contributed by atoms with Crippen molar-refractivity contribution in [1.82, 2.24) is 5.10 Å². The molecule has 0 atom stereocenters. The standard InChI is InChI=1S/C6H7N3O3/c1-4-3-8(10)7-5(2)6(4)9(11)12/h3H,1-2H3. The quantitative estimate of drug-likeness (QED) is 0.261. The number of aromatic nitrogens is 2.